The highest BCUT2D eigenvalue weighted by Gasteiger charge is 2.33. The zero-order valence-electron chi connectivity index (χ0n) is 8.53. The first kappa shape index (κ1) is 11.9. The molecule has 0 saturated carbocycles. The Hall–Kier alpha value is -0.130. The van der Waals surface area contributed by atoms with Gasteiger partial charge in [-0.2, -0.15) is 0 Å². The molecule has 0 radical (unpaired) electrons. The average molecular weight is 222 g/mol. The topological polar surface area (TPSA) is 63.6 Å². The molecular formula is C9H18O4S. The number of aliphatic hydroxyl groups excluding tert-OH is 1. The van der Waals surface area contributed by atoms with Gasteiger partial charge in [0.15, 0.2) is 0 Å². The SMILES string of the molecule is CS(=O)(=O)CCCC1(CO)CCOC1. The molecule has 1 aliphatic rings. The molecule has 0 aliphatic carbocycles. The van der Waals surface area contributed by atoms with E-state index in [-0.39, 0.29) is 17.8 Å². The maximum absolute atomic E-state index is 10.9. The first-order valence-corrected chi connectivity index (χ1v) is 6.90. The normalized spacial score (nSPS) is 28.1. The van der Waals surface area contributed by atoms with Gasteiger partial charge in [-0.05, 0) is 19.3 Å². The molecule has 5 heteroatoms. The number of hydrogen-bond acceptors (Lipinski definition) is 4. The first-order chi connectivity index (χ1) is 6.47. The van der Waals surface area contributed by atoms with Crippen LogP contribution in [0.4, 0.5) is 0 Å². The van der Waals surface area contributed by atoms with Gasteiger partial charge in [-0.15, -0.1) is 0 Å². The van der Waals surface area contributed by atoms with E-state index in [1.54, 1.807) is 0 Å². The quantitative estimate of drug-likeness (QED) is 0.722. The Kier molecular flexibility index (Phi) is 3.92. The van der Waals surface area contributed by atoms with Crippen molar-refractivity contribution >= 4 is 9.84 Å². The van der Waals surface area contributed by atoms with Crippen LogP contribution < -0.4 is 0 Å². The fraction of sp³-hybridized carbons (Fsp3) is 1.00. The van der Waals surface area contributed by atoms with Gasteiger partial charge in [0.25, 0.3) is 0 Å². The fourth-order valence-corrected chi connectivity index (χ4v) is 2.43. The van der Waals surface area contributed by atoms with Crippen molar-refractivity contribution in [1.82, 2.24) is 0 Å². The Bertz CT molecular complexity index is 265. The van der Waals surface area contributed by atoms with E-state index in [2.05, 4.69) is 0 Å². The van der Waals surface area contributed by atoms with Crippen LogP contribution in [0, 0.1) is 5.41 Å². The summed E-state index contributed by atoms with van der Waals surface area (Å²) in [4.78, 5) is 0. The number of hydrogen-bond donors (Lipinski definition) is 1. The Morgan fingerprint density at radius 2 is 2.21 bits per heavy atom. The van der Waals surface area contributed by atoms with E-state index in [9.17, 15) is 13.5 Å². The van der Waals surface area contributed by atoms with Crippen LogP contribution in [0.2, 0.25) is 0 Å². The van der Waals surface area contributed by atoms with E-state index in [4.69, 9.17) is 4.74 Å². The Morgan fingerprint density at radius 1 is 1.50 bits per heavy atom. The van der Waals surface area contributed by atoms with Gasteiger partial charge in [-0.1, -0.05) is 0 Å². The standard InChI is InChI=1S/C9H18O4S/c1-14(11,12)6-2-3-9(7-10)4-5-13-8-9/h10H,2-8H2,1H3. The molecular weight excluding hydrogens is 204 g/mol. The van der Waals surface area contributed by atoms with Crippen LogP contribution in [0.25, 0.3) is 0 Å². The lowest BCUT2D eigenvalue weighted by Crippen LogP contribution is -2.26. The molecule has 0 aromatic carbocycles. The van der Waals surface area contributed by atoms with Crippen molar-refractivity contribution in [2.24, 2.45) is 5.41 Å². The van der Waals surface area contributed by atoms with Crippen molar-refractivity contribution in [1.29, 1.82) is 0 Å². The molecule has 4 nitrogen and oxygen atoms in total. The van der Waals surface area contributed by atoms with Gasteiger partial charge in [0, 0.05) is 24.0 Å². The molecule has 1 rings (SSSR count). The minimum atomic E-state index is -2.87. The summed E-state index contributed by atoms with van der Waals surface area (Å²) in [5.74, 6) is 0.203. The molecule has 1 N–H and O–H groups in total. The van der Waals surface area contributed by atoms with Crippen molar-refractivity contribution < 1.29 is 18.3 Å². The number of rotatable bonds is 5. The molecule has 1 heterocycles. The third-order valence-electron chi connectivity index (χ3n) is 2.74. The molecule has 14 heavy (non-hydrogen) atoms. The first-order valence-electron chi connectivity index (χ1n) is 4.84. The van der Waals surface area contributed by atoms with Crippen LogP contribution in [-0.2, 0) is 14.6 Å². The lowest BCUT2D eigenvalue weighted by atomic mass is 9.84. The maximum Gasteiger partial charge on any atom is 0.147 e. The molecule has 1 fully saturated rings. The Morgan fingerprint density at radius 3 is 2.64 bits per heavy atom. The van der Waals surface area contributed by atoms with Gasteiger partial charge in [0.05, 0.1) is 13.2 Å². The van der Waals surface area contributed by atoms with Crippen molar-refractivity contribution in [3.63, 3.8) is 0 Å². The molecule has 0 bridgehead atoms. The molecule has 0 aromatic heterocycles. The van der Waals surface area contributed by atoms with Gasteiger partial charge in [0.2, 0.25) is 0 Å². The Labute approximate surface area is 85.2 Å². The molecule has 0 aromatic rings. The Balaban J connectivity index is 2.35. The molecule has 1 aliphatic heterocycles. The van der Waals surface area contributed by atoms with Crippen LogP contribution in [0.1, 0.15) is 19.3 Å². The summed E-state index contributed by atoms with van der Waals surface area (Å²) < 4.78 is 27.0. The second-order valence-electron chi connectivity index (χ2n) is 4.19. The molecule has 84 valence electrons. The predicted octanol–water partition coefficient (Wildman–Crippen LogP) is 0.210. The minimum Gasteiger partial charge on any atom is -0.396 e. The van der Waals surface area contributed by atoms with Crippen LogP contribution in [0.3, 0.4) is 0 Å². The number of aliphatic hydroxyl groups is 1. The molecule has 0 spiro atoms. The van der Waals surface area contributed by atoms with Crippen LogP contribution in [-0.4, -0.2) is 45.4 Å². The van der Waals surface area contributed by atoms with Crippen LogP contribution in [0.5, 0.6) is 0 Å². The van der Waals surface area contributed by atoms with Crippen molar-refractivity contribution in [3.8, 4) is 0 Å². The largest absolute Gasteiger partial charge is 0.396 e. The van der Waals surface area contributed by atoms with Gasteiger partial charge < -0.3 is 9.84 Å². The van der Waals surface area contributed by atoms with E-state index in [0.29, 0.717) is 19.6 Å². The zero-order valence-corrected chi connectivity index (χ0v) is 9.35. The number of sulfone groups is 1. The second kappa shape index (κ2) is 4.59. The van der Waals surface area contributed by atoms with Gasteiger partial charge in [-0.3, -0.25) is 0 Å². The molecule has 1 saturated heterocycles. The predicted molar refractivity (Wildman–Crippen MR) is 53.9 cm³/mol. The van der Waals surface area contributed by atoms with Crippen molar-refractivity contribution in [3.05, 3.63) is 0 Å². The highest BCUT2D eigenvalue weighted by atomic mass is 32.2. The van der Waals surface area contributed by atoms with E-state index >= 15 is 0 Å². The third kappa shape index (κ3) is 3.55. The van der Waals surface area contributed by atoms with E-state index in [1.165, 1.54) is 6.26 Å². The third-order valence-corrected chi connectivity index (χ3v) is 3.77. The highest BCUT2D eigenvalue weighted by Crippen LogP contribution is 2.32. The van der Waals surface area contributed by atoms with Crippen molar-refractivity contribution in [2.75, 3.05) is 31.8 Å². The summed E-state index contributed by atoms with van der Waals surface area (Å²) >= 11 is 0. The summed E-state index contributed by atoms with van der Waals surface area (Å²) in [5.41, 5.74) is -0.176. The van der Waals surface area contributed by atoms with Gasteiger partial charge >= 0.3 is 0 Å². The fourth-order valence-electron chi connectivity index (χ4n) is 1.76. The monoisotopic (exact) mass is 222 g/mol. The maximum atomic E-state index is 10.9. The summed E-state index contributed by atoms with van der Waals surface area (Å²) in [6.07, 6.45) is 3.43. The van der Waals surface area contributed by atoms with Crippen molar-refractivity contribution in [2.45, 2.75) is 19.3 Å². The smallest absolute Gasteiger partial charge is 0.147 e. The lowest BCUT2D eigenvalue weighted by Gasteiger charge is -2.24. The second-order valence-corrected chi connectivity index (χ2v) is 6.45. The highest BCUT2D eigenvalue weighted by molar-refractivity contribution is 7.90. The molecule has 1 unspecified atom stereocenters. The summed E-state index contributed by atoms with van der Waals surface area (Å²) in [6.45, 7) is 1.34. The van der Waals surface area contributed by atoms with E-state index in [1.807, 2.05) is 0 Å². The minimum absolute atomic E-state index is 0.0940. The summed E-state index contributed by atoms with van der Waals surface area (Å²) in [6, 6.07) is 0. The molecule has 0 amide bonds. The zero-order chi connectivity index (χ0) is 10.7. The van der Waals surface area contributed by atoms with Gasteiger partial charge in [-0.25, -0.2) is 8.42 Å². The van der Waals surface area contributed by atoms with E-state index < -0.39 is 9.84 Å². The lowest BCUT2D eigenvalue weighted by molar-refractivity contribution is 0.0861. The average Bonchev–Trinajstić information content (AvgIpc) is 2.52. The number of ether oxygens (including phenoxy) is 1. The molecule has 1 atom stereocenters. The van der Waals surface area contributed by atoms with E-state index in [0.717, 1.165) is 12.8 Å². The summed E-state index contributed by atoms with van der Waals surface area (Å²) in [7, 11) is -2.87. The summed E-state index contributed by atoms with van der Waals surface area (Å²) in [5, 5.41) is 9.22. The van der Waals surface area contributed by atoms with Crippen LogP contribution >= 0.6 is 0 Å². The van der Waals surface area contributed by atoms with Gasteiger partial charge in [0.1, 0.15) is 9.84 Å². The van der Waals surface area contributed by atoms with Crippen LogP contribution in [0.15, 0.2) is 0 Å².